The molecule has 0 radical (unpaired) electrons. The molecule has 8 nitrogen and oxygen atoms in total. The van der Waals surface area contributed by atoms with E-state index in [-0.39, 0.29) is 18.8 Å². The zero-order valence-electron chi connectivity index (χ0n) is 17.7. The summed E-state index contributed by atoms with van der Waals surface area (Å²) in [4.78, 5) is 40.5. The molecule has 8 heteroatoms. The normalized spacial score (nSPS) is 18.2. The molecule has 2 atom stereocenters. The van der Waals surface area contributed by atoms with Crippen LogP contribution >= 0.6 is 0 Å². The Morgan fingerprint density at radius 3 is 2.47 bits per heavy atom. The van der Waals surface area contributed by atoms with E-state index < -0.39 is 23.7 Å². The number of benzene rings is 2. The third-order valence-corrected chi connectivity index (χ3v) is 5.54. The maximum absolute atomic E-state index is 13.1. The number of rotatable bonds is 8. The summed E-state index contributed by atoms with van der Waals surface area (Å²) < 4.78 is 15.4. The molecule has 1 saturated heterocycles. The highest BCUT2D eigenvalue weighted by Gasteiger charge is 2.52. The molecule has 2 heterocycles. The summed E-state index contributed by atoms with van der Waals surface area (Å²) >= 11 is 0. The molecule has 164 valence electrons. The van der Waals surface area contributed by atoms with Gasteiger partial charge < -0.3 is 14.0 Å². The van der Waals surface area contributed by atoms with Gasteiger partial charge in [-0.1, -0.05) is 35.5 Å². The lowest BCUT2D eigenvalue weighted by molar-refractivity contribution is -0.139. The second-order valence-electron chi connectivity index (χ2n) is 7.34. The molecule has 0 N–H and O–H groups in total. The van der Waals surface area contributed by atoms with Gasteiger partial charge in [-0.3, -0.25) is 19.3 Å². The molecule has 0 bridgehead atoms. The number of hydrogen-bond acceptors (Lipinski definition) is 7. The lowest BCUT2D eigenvalue weighted by atomic mass is 9.87. The number of amides is 1. The third-order valence-electron chi connectivity index (χ3n) is 5.54. The second kappa shape index (κ2) is 9.15. The molecule has 4 rings (SSSR count). The van der Waals surface area contributed by atoms with Crippen molar-refractivity contribution < 1.29 is 28.4 Å². The number of carbonyl (C=O) groups excluding carboxylic acids is 3. The molecule has 32 heavy (non-hydrogen) atoms. The van der Waals surface area contributed by atoms with Crippen molar-refractivity contribution >= 4 is 23.2 Å². The fraction of sp³-hybridized carbons (Fsp3) is 0.250. The minimum Gasteiger partial charge on any atom is -0.496 e. The number of carbonyl (C=O) groups is 3. The number of para-hydroxylation sites is 1. The Morgan fingerprint density at radius 1 is 1.06 bits per heavy atom. The van der Waals surface area contributed by atoms with E-state index in [2.05, 4.69) is 5.16 Å². The van der Waals surface area contributed by atoms with Crippen LogP contribution in [-0.4, -0.2) is 43.5 Å². The molecule has 2 aromatic carbocycles. The summed E-state index contributed by atoms with van der Waals surface area (Å²) in [6.07, 6.45) is 1.50. The van der Waals surface area contributed by atoms with Crippen molar-refractivity contribution in [2.24, 2.45) is 5.92 Å². The minimum absolute atomic E-state index is 0.0325. The molecule has 1 aromatic heterocycles. The number of ether oxygens (including phenoxy) is 2. The van der Waals surface area contributed by atoms with E-state index in [1.54, 1.807) is 54.6 Å². The Balaban J connectivity index is 1.79. The van der Waals surface area contributed by atoms with E-state index in [9.17, 15) is 14.4 Å². The minimum atomic E-state index is -1.15. The van der Waals surface area contributed by atoms with E-state index in [1.807, 2.05) is 0 Å². The van der Waals surface area contributed by atoms with Gasteiger partial charge in [0, 0.05) is 36.4 Å². The van der Waals surface area contributed by atoms with Crippen LogP contribution in [0.1, 0.15) is 18.0 Å². The molecule has 0 aliphatic carbocycles. The summed E-state index contributed by atoms with van der Waals surface area (Å²) in [5.41, 5.74) is 2.52. The van der Waals surface area contributed by atoms with Crippen LogP contribution in [-0.2, 0) is 19.1 Å². The summed E-state index contributed by atoms with van der Waals surface area (Å²) in [5.74, 6) is -2.46. The standard InChI is InChI=1S/C24H22N2O6/c1-30-13-12-19(27)21-22(17-5-3-4-6-20(17)31-2)26(24(29)23(21)28)16-9-7-15(8-10-16)18-11-14-32-25-18/h3-11,14,21-22H,12-13H2,1-2H3. The van der Waals surface area contributed by atoms with Crippen molar-refractivity contribution in [1.82, 2.24) is 5.16 Å². The van der Waals surface area contributed by atoms with Gasteiger partial charge >= 0.3 is 0 Å². The first kappa shape index (κ1) is 21.5. The molecule has 2 unspecified atom stereocenters. The predicted molar refractivity (Wildman–Crippen MR) is 115 cm³/mol. The Kier molecular flexibility index (Phi) is 6.13. The first-order valence-corrected chi connectivity index (χ1v) is 10.1. The molecule has 0 saturated carbocycles. The zero-order valence-corrected chi connectivity index (χ0v) is 17.7. The Morgan fingerprint density at radius 2 is 1.81 bits per heavy atom. The van der Waals surface area contributed by atoms with Crippen LogP contribution in [0.15, 0.2) is 65.4 Å². The molecule has 1 amide bonds. The molecule has 0 spiro atoms. The number of ketones is 2. The Hall–Kier alpha value is -3.78. The largest absolute Gasteiger partial charge is 0.496 e. The summed E-state index contributed by atoms with van der Waals surface area (Å²) in [6.45, 7) is 0.168. The van der Waals surface area contributed by atoms with Gasteiger partial charge in [-0.25, -0.2) is 0 Å². The quantitative estimate of drug-likeness (QED) is 0.396. The molecule has 1 aliphatic heterocycles. The van der Waals surface area contributed by atoms with Gasteiger partial charge in [0.05, 0.1) is 19.8 Å². The lowest BCUT2D eigenvalue weighted by Gasteiger charge is -2.28. The number of methoxy groups -OCH3 is 2. The molecule has 1 fully saturated rings. The lowest BCUT2D eigenvalue weighted by Crippen LogP contribution is -2.31. The van der Waals surface area contributed by atoms with Gasteiger partial charge in [0.25, 0.3) is 5.91 Å². The Labute approximate surface area is 184 Å². The predicted octanol–water partition coefficient (Wildman–Crippen LogP) is 3.23. The smallest absolute Gasteiger partial charge is 0.295 e. The van der Waals surface area contributed by atoms with Crippen molar-refractivity contribution in [3.8, 4) is 17.0 Å². The molecular formula is C24H22N2O6. The molecule has 3 aromatic rings. The van der Waals surface area contributed by atoms with Crippen LogP contribution in [0.25, 0.3) is 11.3 Å². The van der Waals surface area contributed by atoms with Gasteiger partial charge in [0.2, 0.25) is 5.78 Å². The van der Waals surface area contributed by atoms with E-state index in [0.717, 1.165) is 5.56 Å². The fourth-order valence-corrected chi connectivity index (χ4v) is 4.01. The van der Waals surface area contributed by atoms with Crippen molar-refractivity contribution in [3.63, 3.8) is 0 Å². The monoisotopic (exact) mass is 434 g/mol. The van der Waals surface area contributed by atoms with Gasteiger partial charge in [-0.05, 0) is 18.2 Å². The van der Waals surface area contributed by atoms with E-state index in [1.165, 1.54) is 25.4 Å². The van der Waals surface area contributed by atoms with Crippen molar-refractivity contribution in [2.75, 3.05) is 25.7 Å². The number of hydrogen-bond donors (Lipinski definition) is 0. The fourth-order valence-electron chi connectivity index (χ4n) is 4.01. The third kappa shape index (κ3) is 3.80. The van der Waals surface area contributed by atoms with Crippen LogP contribution in [0.2, 0.25) is 0 Å². The van der Waals surface area contributed by atoms with Crippen LogP contribution in [0.4, 0.5) is 5.69 Å². The first-order chi connectivity index (χ1) is 15.6. The summed E-state index contributed by atoms with van der Waals surface area (Å²) in [5, 5.41) is 3.91. The zero-order chi connectivity index (χ0) is 22.7. The molecular weight excluding hydrogens is 412 g/mol. The van der Waals surface area contributed by atoms with Crippen molar-refractivity contribution in [2.45, 2.75) is 12.5 Å². The van der Waals surface area contributed by atoms with Crippen molar-refractivity contribution in [1.29, 1.82) is 0 Å². The number of Topliss-reactive ketones (excluding diaryl/α,β-unsaturated/α-hetero) is 2. The van der Waals surface area contributed by atoms with Gasteiger partial charge in [-0.2, -0.15) is 0 Å². The Bertz CT molecular complexity index is 1120. The molecule has 1 aliphatic rings. The summed E-state index contributed by atoms with van der Waals surface area (Å²) in [6, 6.07) is 15.0. The summed E-state index contributed by atoms with van der Waals surface area (Å²) in [7, 11) is 2.99. The van der Waals surface area contributed by atoms with Crippen molar-refractivity contribution in [3.05, 3.63) is 66.4 Å². The van der Waals surface area contributed by atoms with E-state index >= 15 is 0 Å². The van der Waals surface area contributed by atoms with Crippen LogP contribution in [0, 0.1) is 5.92 Å². The first-order valence-electron chi connectivity index (χ1n) is 10.1. The number of nitrogens with zero attached hydrogens (tertiary/aromatic N) is 2. The van der Waals surface area contributed by atoms with E-state index in [0.29, 0.717) is 22.7 Å². The highest BCUT2D eigenvalue weighted by atomic mass is 16.5. The number of aromatic nitrogens is 1. The highest BCUT2D eigenvalue weighted by Crippen LogP contribution is 2.43. The SMILES string of the molecule is COCCC(=O)C1C(=O)C(=O)N(c2ccc(-c3ccon3)cc2)C1c1ccccc1OC. The maximum Gasteiger partial charge on any atom is 0.295 e. The van der Waals surface area contributed by atoms with Crippen LogP contribution < -0.4 is 9.64 Å². The van der Waals surface area contributed by atoms with E-state index in [4.69, 9.17) is 14.0 Å². The second-order valence-corrected chi connectivity index (χ2v) is 7.34. The average molecular weight is 434 g/mol. The number of anilines is 1. The maximum atomic E-state index is 13.1. The van der Waals surface area contributed by atoms with Gasteiger partial charge in [-0.15, -0.1) is 0 Å². The average Bonchev–Trinajstić information content (AvgIpc) is 3.45. The van der Waals surface area contributed by atoms with Gasteiger partial charge in [0.15, 0.2) is 0 Å². The highest BCUT2D eigenvalue weighted by molar-refractivity contribution is 6.48. The van der Waals surface area contributed by atoms with Crippen LogP contribution in [0.3, 0.4) is 0 Å². The van der Waals surface area contributed by atoms with Crippen LogP contribution in [0.5, 0.6) is 5.75 Å². The van der Waals surface area contributed by atoms with Gasteiger partial charge in [0.1, 0.15) is 29.4 Å². The topological polar surface area (TPSA) is 98.9 Å².